The number of amides is 1. The zero-order valence-corrected chi connectivity index (χ0v) is 20.6. The van der Waals surface area contributed by atoms with Gasteiger partial charge in [0.1, 0.15) is 19.2 Å². The first-order valence-electron chi connectivity index (χ1n) is 11.4. The molecule has 0 aliphatic carbocycles. The average Bonchev–Trinajstić information content (AvgIpc) is 3.47. The van der Waals surface area contributed by atoms with Crippen molar-refractivity contribution in [2.75, 3.05) is 6.54 Å². The highest BCUT2D eigenvalue weighted by Crippen LogP contribution is 2.30. The van der Waals surface area contributed by atoms with Crippen molar-refractivity contribution in [2.24, 2.45) is 0 Å². The largest absolute Gasteiger partial charge is 0.416 e. The Morgan fingerprint density at radius 3 is 2.67 bits per heavy atom. The van der Waals surface area contributed by atoms with Crippen LogP contribution in [0.2, 0.25) is 0 Å². The second-order valence-electron chi connectivity index (χ2n) is 8.47. The van der Waals surface area contributed by atoms with Crippen LogP contribution in [0.4, 0.5) is 13.2 Å². The predicted octanol–water partition coefficient (Wildman–Crippen LogP) is 4.86. The van der Waals surface area contributed by atoms with E-state index in [1.807, 2.05) is 12.3 Å². The van der Waals surface area contributed by atoms with E-state index in [9.17, 15) is 22.8 Å². The van der Waals surface area contributed by atoms with Crippen molar-refractivity contribution in [1.82, 2.24) is 14.3 Å². The predicted molar refractivity (Wildman–Crippen MR) is 134 cm³/mol. The Hall–Kier alpha value is -3.40. The molecule has 0 unspecified atom stereocenters. The molecule has 1 amide bonds. The number of rotatable bonds is 3. The molecule has 1 aromatic carbocycles. The number of fused-ring (bicyclic) bond motifs is 2. The topological polar surface area (TPSA) is 54.7 Å². The van der Waals surface area contributed by atoms with Gasteiger partial charge < -0.3 is 4.90 Å². The van der Waals surface area contributed by atoms with Gasteiger partial charge in [0.05, 0.1) is 18.3 Å². The molecule has 1 aliphatic heterocycles. The molecule has 10 heteroatoms. The van der Waals surface area contributed by atoms with Gasteiger partial charge in [-0.05, 0) is 43.0 Å². The highest BCUT2D eigenvalue weighted by atomic mass is 32.1. The van der Waals surface area contributed by atoms with E-state index in [-0.39, 0.29) is 11.7 Å². The summed E-state index contributed by atoms with van der Waals surface area (Å²) in [5.41, 5.74) is 3.82. The van der Waals surface area contributed by atoms with E-state index in [1.165, 1.54) is 12.1 Å². The molecule has 0 saturated heterocycles. The molecule has 3 aromatic heterocycles. The fraction of sp³-hybridized carbons (Fsp3) is 0.269. The Labute approximate surface area is 212 Å². The van der Waals surface area contributed by atoms with Crippen LogP contribution in [-0.2, 0) is 25.6 Å². The Bertz CT molecular complexity index is 1430. The second-order valence-corrected chi connectivity index (χ2v) is 9.43. The molecule has 2 radical (unpaired) electrons. The fourth-order valence-corrected chi connectivity index (χ4v) is 5.24. The molecule has 4 aromatic rings. The molecule has 5 nitrogen and oxygen atoms in total. The molecule has 1 aliphatic rings. The van der Waals surface area contributed by atoms with Crippen LogP contribution in [0.3, 0.4) is 0 Å². The third-order valence-electron chi connectivity index (χ3n) is 6.02. The molecule has 0 fully saturated rings. The lowest BCUT2D eigenvalue weighted by Crippen LogP contribution is -2.36. The number of pyridine rings is 1. The van der Waals surface area contributed by atoms with Crippen LogP contribution in [0.5, 0.6) is 0 Å². The normalized spacial score (nSPS) is 13.2. The van der Waals surface area contributed by atoms with Crippen LogP contribution in [-0.4, -0.2) is 40.4 Å². The van der Waals surface area contributed by atoms with E-state index in [0.717, 1.165) is 22.1 Å². The first kappa shape index (κ1) is 25.7. The first-order chi connectivity index (χ1) is 17.1. The molecule has 0 saturated carbocycles. The molecule has 4 heterocycles. The van der Waals surface area contributed by atoms with Gasteiger partial charge in [0.2, 0.25) is 0 Å². The van der Waals surface area contributed by atoms with Gasteiger partial charge in [0.15, 0.2) is 5.78 Å². The number of carbonyl (C=O) groups excluding carboxylic acids is 2. The molecule has 0 N–H and O–H groups in total. The number of benzene rings is 1. The summed E-state index contributed by atoms with van der Waals surface area (Å²) in [7, 11) is 5.82. The number of aromatic nitrogens is 2. The van der Waals surface area contributed by atoms with Gasteiger partial charge in [-0.25, -0.2) is 4.98 Å². The highest BCUT2D eigenvalue weighted by Gasteiger charge is 2.30. The summed E-state index contributed by atoms with van der Waals surface area (Å²) < 4.78 is 38.0. The molecule has 0 spiro atoms. The third kappa shape index (κ3) is 5.38. The number of alkyl halides is 3. The van der Waals surface area contributed by atoms with Gasteiger partial charge >= 0.3 is 6.18 Å². The highest BCUT2D eigenvalue weighted by molar-refractivity contribution is 7.10. The zero-order chi connectivity index (χ0) is 26.0. The van der Waals surface area contributed by atoms with Gasteiger partial charge in [-0.3, -0.25) is 14.0 Å². The smallest absolute Gasteiger partial charge is 0.332 e. The van der Waals surface area contributed by atoms with Crippen LogP contribution in [0.1, 0.15) is 56.3 Å². The van der Waals surface area contributed by atoms with Crippen molar-refractivity contribution in [1.29, 1.82) is 0 Å². The number of Topliss-reactive ketones (excluding diaryl/α,β-unsaturated/α-hetero) is 1. The molecular formula is C26H23BF3N3O2S. The minimum atomic E-state index is -4.22. The quantitative estimate of drug-likeness (QED) is 0.293. The lowest BCUT2D eigenvalue weighted by atomic mass is 9.99. The molecule has 0 atom stereocenters. The minimum Gasteiger partial charge on any atom is -0.332 e. The van der Waals surface area contributed by atoms with Crippen molar-refractivity contribution in [3.63, 3.8) is 0 Å². The zero-order valence-electron chi connectivity index (χ0n) is 19.8. The second kappa shape index (κ2) is 10.3. The number of ketones is 1. The van der Waals surface area contributed by atoms with Gasteiger partial charge in [-0.2, -0.15) is 13.2 Å². The number of hydrogen-bond donors (Lipinski definition) is 0. The molecule has 184 valence electrons. The van der Waals surface area contributed by atoms with Crippen LogP contribution in [0.15, 0.2) is 54.2 Å². The number of aryl methyl sites for hydroxylation is 1. The van der Waals surface area contributed by atoms with Crippen LogP contribution in [0.25, 0.3) is 5.65 Å². The van der Waals surface area contributed by atoms with Crippen LogP contribution >= 0.6 is 11.3 Å². The number of nitrogens with zero attached hydrogens (tertiary/aromatic N) is 3. The standard InChI is InChI=1S/C17H14BN3O2S.C9H9F3/c1-10(22)13-9-24-15-8-20(5-4-12(13)15)17(23)14-6-19-16-3-2-11(18)7-21(14)16;1-2-7-4-3-5-8(6-7)9(10,11)12/h2-3,6-7,9H,4-5,8H2,1H3;3-6H,2H2,1H3. The van der Waals surface area contributed by atoms with Gasteiger partial charge in [0, 0.05) is 28.6 Å². The number of hydrogen-bond acceptors (Lipinski definition) is 4. The summed E-state index contributed by atoms with van der Waals surface area (Å²) in [6.45, 7) is 4.54. The van der Waals surface area contributed by atoms with E-state index >= 15 is 0 Å². The Balaban J connectivity index is 0.000000214. The van der Waals surface area contributed by atoms with E-state index in [0.29, 0.717) is 48.3 Å². The van der Waals surface area contributed by atoms with Crippen LogP contribution < -0.4 is 5.46 Å². The first-order valence-corrected chi connectivity index (χ1v) is 12.2. The van der Waals surface area contributed by atoms with E-state index in [1.54, 1.807) is 58.2 Å². The van der Waals surface area contributed by atoms with Gasteiger partial charge in [0.25, 0.3) is 5.91 Å². The minimum absolute atomic E-state index is 0.0727. The summed E-state index contributed by atoms with van der Waals surface area (Å²) >= 11 is 1.55. The van der Waals surface area contributed by atoms with Gasteiger partial charge in [-0.1, -0.05) is 36.7 Å². The number of thiophene rings is 1. The summed E-state index contributed by atoms with van der Waals surface area (Å²) in [4.78, 5) is 31.7. The van der Waals surface area contributed by atoms with Crippen LogP contribution in [0, 0.1) is 0 Å². The van der Waals surface area contributed by atoms with Crippen molar-refractivity contribution >= 4 is 42.0 Å². The Morgan fingerprint density at radius 2 is 1.97 bits per heavy atom. The van der Waals surface area contributed by atoms with Crippen molar-refractivity contribution in [3.8, 4) is 0 Å². The maximum Gasteiger partial charge on any atom is 0.416 e. The molecule has 5 rings (SSSR count). The van der Waals surface area contributed by atoms with Gasteiger partial charge in [-0.15, -0.1) is 11.3 Å². The summed E-state index contributed by atoms with van der Waals surface area (Å²) in [5.74, 6) is 0.0149. The molecule has 36 heavy (non-hydrogen) atoms. The van der Waals surface area contributed by atoms with Crippen molar-refractivity contribution in [3.05, 3.63) is 87.0 Å². The van der Waals surface area contributed by atoms with Crippen molar-refractivity contribution in [2.45, 2.75) is 39.4 Å². The van der Waals surface area contributed by atoms with E-state index in [4.69, 9.17) is 7.85 Å². The lowest BCUT2D eigenvalue weighted by molar-refractivity contribution is -0.137. The average molecular weight is 509 g/mol. The van der Waals surface area contributed by atoms with Crippen molar-refractivity contribution < 1.29 is 22.8 Å². The number of halogens is 3. The number of carbonyl (C=O) groups is 2. The Kier molecular flexibility index (Phi) is 7.35. The summed E-state index contributed by atoms with van der Waals surface area (Å²) in [5, 5.41) is 1.90. The molecule has 0 bridgehead atoms. The maximum absolute atomic E-state index is 12.9. The fourth-order valence-electron chi connectivity index (χ4n) is 4.08. The Morgan fingerprint density at radius 1 is 1.19 bits per heavy atom. The molecular weight excluding hydrogens is 486 g/mol. The monoisotopic (exact) mass is 509 g/mol. The summed E-state index contributed by atoms with van der Waals surface area (Å²) in [6, 6.07) is 8.94. The summed E-state index contributed by atoms with van der Waals surface area (Å²) in [6.07, 6.45) is 0.416. The third-order valence-corrected chi connectivity index (χ3v) is 7.04. The number of imidazole rings is 1. The maximum atomic E-state index is 12.9. The van der Waals surface area contributed by atoms with E-state index < -0.39 is 11.7 Å². The SMILES string of the molecule is CCc1cccc(C(F)(F)F)c1.[B]c1ccc2ncc(C(=O)N3CCc4c(C(C)=O)csc4C3)n2c1. The van der Waals surface area contributed by atoms with E-state index in [2.05, 4.69) is 4.98 Å². The lowest BCUT2D eigenvalue weighted by Gasteiger charge is -2.27.